The fourth-order valence-electron chi connectivity index (χ4n) is 4.96. The van der Waals surface area contributed by atoms with Crippen molar-refractivity contribution < 1.29 is 27.6 Å². The van der Waals surface area contributed by atoms with Crippen LogP contribution in [0, 0.1) is 23.7 Å². The lowest BCUT2D eigenvalue weighted by atomic mass is 9.82. The molecule has 0 bridgehead atoms. The maximum Gasteiger partial charge on any atom is 0.247 e. The second-order valence-corrected chi connectivity index (χ2v) is 13.5. The summed E-state index contributed by atoms with van der Waals surface area (Å²) in [6, 6.07) is 14.1. The van der Waals surface area contributed by atoms with Crippen molar-refractivity contribution in [2.24, 2.45) is 23.7 Å². The molecule has 1 heterocycles. The Balaban J connectivity index is 1.88. The van der Waals surface area contributed by atoms with Crippen molar-refractivity contribution in [3.63, 3.8) is 0 Å². The number of fused-ring (bicyclic) bond motifs is 1. The number of sulfonamides is 1. The molecule has 0 aromatic heterocycles. The SMILES string of the molecule is CC(C)C[C@@H](C(=O)NN(CC(C)C)S(C)(=O)=O)[C@H](C/C=C/c1cccc2ccccc12)C(=O)NOC1CCCCO1. The first-order valence-electron chi connectivity index (χ1n) is 14.4. The molecule has 1 aliphatic heterocycles. The first-order chi connectivity index (χ1) is 19.5. The summed E-state index contributed by atoms with van der Waals surface area (Å²) in [6.07, 6.45) is 7.55. The molecule has 41 heavy (non-hydrogen) atoms. The van der Waals surface area contributed by atoms with Crippen molar-refractivity contribution >= 4 is 38.7 Å². The van der Waals surface area contributed by atoms with Crippen LogP contribution in [0.2, 0.25) is 0 Å². The van der Waals surface area contributed by atoms with Crippen molar-refractivity contribution in [3.8, 4) is 0 Å². The first kappa shape index (κ1) is 32.7. The van der Waals surface area contributed by atoms with E-state index in [0.717, 1.165) is 39.8 Å². The van der Waals surface area contributed by atoms with Gasteiger partial charge in [0.25, 0.3) is 0 Å². The first-order valence-corrected chi connectivity index (χ1v) is 16.3. The topological polar surface area (TPSA) is 114 Å². The Morgan fingerprint density at radius 1 is 1.02 bits per heavy atom. The molecule has 0 radical (unpaired) electrons. The number of rotatable bonds is 14. The van der Waals surface area contributed by atoms with E-state index >= 15 is 0 Å². The van der Waals surface area contributed by atoms with Gasteiger partial charge in [-0.25, -0.2) is 18.7 Å². The normalized spacial score (nSPS) is 17.8. The maximum atomic E-state index is 13.7. The van der Waals surface area contributed by atoms with Gasteiger partial charge in [0.2, 0.25) is 21.8 Å². The summed E-state index contributed by atoms with van der Waals surface area (Å²) in [5, 5.41) is 2.19. The van der Waals surface area contributed by atoms with Crippen LogP contribution in [0.3, 0.4) is 0 Å². The van der Waals surface area contributed by atoms with E-state index < -0.39 is 40.0 Å². The van der Waals surface area contributed by atoms with E-state index in [9.17, 15) is 18.0 Å². The van der Waals surface area contributed by atoms with E-state index in [4.69, 9.17) is 9.57 Å². The highest BCUT2D eigenvalue weighted by atomic mass is 32.2. The van der Waals surface area contributed by atoms with Gasteiger partial charge in [0.05, 0.1) is 18.1 Å². The molecule has 0 aliphatic carbocycles. The molecule has 1 saturated heterocycles. The summed E-state index contributed by atoms with van der Waals surface area (Å²) in [7, 11) is -3.72. The molecule has 0 saturated carbocycles. The van der Waals surface area contributed by atoms with Gasteiger partial charge in [0.1, 0.15) is 0 Å². The van der Waals surface area contributed by atoms with E-state index in [1.165, 1.54) is 0 Å². The third kappa shape index (κ3) is 10.2. The summed E-state index contributed by atoms with van der Waals surface area (Å²) in [4.78, 5) is 32.9. The predicted octanol–water partition coefficient (Wildman–Crippen LogP) is 5.04. The number of ether oxygens (including phenoxy) is 1. The van der Waals surface area contributed by atoms with Crippen LogP contribution in [0.25, 0.3) is 16.8 Å². The van der Waals surface area contributed by atoms with Crippen LogP contribution < -0.4 is 10.9 Å². The highest BCUT2D eigenvalue weighted by Crippen LogP contribution is 2.27. The van der Waals surface area contributed by atoms with Crippen molar-refractivity contribution in [3.05, 3.63) is 54.1 Å². The minimum atomic E-state index is -3.72. The zero-order valence-corrected chi connectivity index (χ0v) is 25.7. The number of nitrogens with zero attached hydrogens (tertiary/aromatic N) is 1. The minimum absolute atomic E-state index is 0.0137. The third-order valence-electron chi connectivity index (χ3n) is 6.99. The molecule has 10 heteroatoms. The van der Waals surface area contributed by atoms with Crippen LogP contribution in [0.4, 0.5) is 0 Å². The summed E-state index contributed by atoms with van der Waals surface area (Å²) in [6.45, 7) is 8.36. The van der Waals surface area contributed by atoms with Gasteiger partial charge in [-0.1, -0.05) is 82.3 Å². The van der Waals surface area contributed by atoms with Crippen molar-refractivity contribution in [2.75, 3.05) is 19.4 Å². The van der Waals surface area contributed by atoms with Gasteiger partial charge in [0, 0.05) is 19.6 Å². The number of carbonyl (C=O) groups excluding carboxylic acids is 2. The smallest absolute Gasteiger partial charge is 0.247 e. The van der Waals surface area contributed by atoms with Gasteiger partial charge < -0.3 is 4.74 Å². The average molecular weight is 588 g/mol. The zero-order chi connectivity index (χ0) is 30.0. The lowest BCUT2D eigenvalue weighted by Crippen LogP contribution is -2.52. The van der Waals surface area contributed by atoms with Gasteiger partial charge in [-0.15, -0.1) is 4.41 Å². The molecule has 9 nitrogen and oxygen atoms in total. The molecule has 2 N–H and O–H groups in total. The summed E-state index contributed by atoms with van der Waals surface area (Å²) < 4.78 is 31.5. The maximum absolute atomic E-state index is 13.7. The molecule has 226 valence electrons. The van der Waals surface area contributed by atoms with Gasteiger partial charge in [-0.05, 0) is 53.9 Å². The molecule has 1 aliphatic rings. The number of hydrazine groups is 1. The second kappa shape index (κ2) is 15.4. The largest absolute Gasteiger partial charge is 0.350 e. The van der Waals surface area contributed by atoms with Crippen LogP contribution >= 0.6 is 0 Å². The van der Waals surface area contributed by atoms with E-state index in [2.05, 4.69) is 10.9 Å². The molecular weight excluding hydrogens is 542 g/mol. The van der Waals surface area contributed by atoms with Gasteiger partial charge in [0.15, 0.2) is 6.29 Å². The lowest BCUT2D eigenvalue weighted by molar-refractivity contribution is -0.203. The molecule has 1 fully saturated rings. The monoisotopic (exact) mass is 587 g/mol. The van der Waals surface area contributed by atoms with E-state index in [0.29, 0.717) is 19.4 Å². The standard InChI is InChI=1S/C31H45N3O6S/c1-22(2)20-28(30(35)32-34(21-23(3)4)41(5,37)38)27(31(36)33-40-29-18-8-9-19-39-29)17-11-15-25-14-10-13-24-12-6-7-16-26(24)25/h6-7,10-16,22-23,27-29H,8-9,17-21H2,1-5H3,(H,32,35)(H,33,36)/b15-11+/t27-,28+,29?/m0/s1. The number of amides is 2. The van der Waals surface area contributed by atoms with E-state index in [-0.39, 0.29) is 24.8 Å². The van der Waals surface area contributed by atoms with Crippen LogP contribution in [-0.4, -0.2) is 50.3 Å². The van der Waals surface area contributed by atoms with Gasteiger partial charge >= 0.3 is 0 Å². The van der Waals surface area contributed by atoms with Crippen molar-refractivity contribution in [1.29, 1.82) is 0 Å². The molecule has 0 spiro atoms. The zero-order valence-electron chi connectivity index (χ0n) is 24.8. The molecule has 2 aromatic rings. The Labute approximate surface area is 244 Å². The number of hydroxylamine groups is 1. The number of hydrogen-bond donors (Lipinski definition) is 2. The third-order valence-corrected chi connectivity index (χ3v) is 8.03. The Hall–Kier alpha value is -2.79. The molecule has 1 unspecified atom stereocenters. The highest BCUT2D eigenvalue weighted by Gasteiger charge is 2.36. The molecule has 2 aromatic carbocycles. The molecular formula is C31H45N3O6S. The molecule has 3 atom stereocenters. The summed E-state index contributed by atoms with van der Waals surface area (Å²) in [5.41, 5.74) is 6.15. The number of allylic oxidation sites excluding steroid dienone is 1. The Morgan fingerprint density at radius 2 is 1.76 bits per heavy atom. The molecule has 2 amide bonds. The quantitative estimate of drug-likeness (QED) is 0.299. The Bertz CT molecular complexity index is 1280. The Morgan fingerprint density at radius 3 is 2.41 bits per heavy atom. The average Bonchev–Trinajstić information content (AvgIpc) is 2.92. The van der Waals surface area contributed by atoms with Crippen LogP contribution in [0.5, 0.6) is 0 Å². The molecule has 3 rings (SSSR count). The van der Waals surface area contributed by atoms with Gasteiger partial charge in [-0.3, -0.25) is 15.0 Å². The van der Waals surface area contributed by atoms with Gasteiger partial charge in [-0.2, -0.15) is 0 Å². The number of carbonyl (C=O) groups is 2. The fourth-order valence-corrected chi connectivity index (χ4v) is 5.78. The summed E-state index contributed by atoms with van der Waals surface area (Å²) in [5.74, 6) is -2.52. The van der Waals surface area contributed by atoms with Crippen LogP contribution in [0.1, 0.15) is 65.4 Å². The van der Waals surface area contributed by atoms with Crippen molar-refractivity contribution in [1.82, 2.24) is 15.3 Å². The highest BCUT2D eigenvalue weighted by molar-refractivity contribution is 7.88. The predicted molar refractivity (Wildman–Crippen MR) is 161 cm³/mol. The minimum Gasteiger partial charge on any atom is -0.350 e. The Kier molecular flexibility index (Phi) is 12.3. The summed E-state index contributed by atoms with van der Waals surface area (Å²) >= 11 is 0. The van der Waals surface area contributed by atoms with E-state index in [1.807, 2.05) is 82.3 Å². The second-order valence-electron chi connectivity index (χ2n) is 11.6. The van der Waals surface area contributed by atoms with Crippen LogP contribution in [0.15, 0.2) is 48.5 Å². The fraction of sp³-hybridized carbons (Fsp3) is 0.548. The number of hydrogen-bond acceptors (Lipinski definition) is 6. The van der Waals surface area contributed by atoms with Crippen molar-refractivity contribution in [2.45, 2.75) is 66.1 Å². The lowest BCUT2D eigenvalue weighted by Gasteiger charge is -2.30. The number of benzene rings is 2. The number of nitrogens with one attached hydrogen (secondary N) is 2. The van der Waals surface area contributed by atoms with E-state index in [1.54, 1.807) is 0 Å². The van der Waals surface area contributed by atoms with Crippen LogP contribution in [-0.2, 0) is 29.2 Å².